The molecule has 3 aromatic rings. The number of nitrogens with zero attached hydrogens (tertiary/aromatic N) is 1. The second-order valence-corrected chi connectivity index (χ2v) is 7.94. The van der Waals surface area contributed by atoms with E-state index in [1.807, 2.05) is 30.4 Å². The number of benzene rings is 1. The fraction of sp³-hybridized carbons (Fsp3) is 0. The molecular formula is C15H9Br2NOS. The Kier molecular flexibility index (Phi) is 3.92. The molecule has 0 unspecified atom stereocenters. The van der Waals surface area contributed by atoms with Crippen molar-refractivity contribution < 1.29 is 5.11 Å². The smallest absolute Gasteiger partial charge is 0.141 e. The molecule has 0 aliphatic carbocycles. The van der Waals surface area contributed by atoms with Crippen LogP contribution in [-0.4, -0.2) is 10.1 Å². The number of halogens is 2. The van der Waals surface area contributed by atoms with Gasteiger partial charge in [-0.1, -0.05) is 24.3 Å². The van der Waals surface area contributed by atoms with E-state index in [0.717, 1.165) is 24.1 Å². The highest BCUT2D eigenvalue weighted by atomic mass is 79.9. The van der Waals surface area contributed by atoms with Crippen molar-refractivity contribution in [1.82, 2.24) is 4.98 Å². The van der Waals surface area contributed by atoms with E-state index >= 15 is 0 Å². The molecule has 100 valence electrons. The number of hydrogen-bond acceptors (Lipinski definition) is 3. The van der Waals surface area contributed by atoms with Crippen molar-refractivity contribution in [2.75, 3.05) is 0 Å². The molecule has 0 atom stereocenters. The highest BCUT2D eigenvalue weighted by Gasteiger charge is 2.05. The monoisotopic (exact) mass is 409 g/mol. The Morgan fingerprint density at radius 1 is 1.10 bits per heavy atom. The molecule has 20 heavy (non-hydrogen) atoms. The molecule has 3 rings (SSSR count). The standard InChI is InChI=1S/C15H9Br2NOS/c16-13-8-10(15(17)20-13)4-3-9-5-6-12(19)14-11(9)2-1-7-18-14/h1-8,19H/b4-3+. The lowest BCUT2D eigenvalue weighted by atomic mass is 10.1. The van der Waals surface area contributed by atoms with E-state index in [4.69, 9.17) is 0 Å². The molecule has 2 heterocycles. The lowest BCUT2D eigenvalue weighted by molar-refractivity contribution is 0.480. The minimum Gasteiger partial charge on any atom is -0.506 e. The van der Waals surface area contributed by atoms with Crippen LogP contribution in [0.5, 0.6) is 5.75 Å². The number of hydrogen-bond donors (Lipinski definition) is 1. The van der Waals surface area contributed by atoms with Crippen LogP contribution in [0.4, 0.5) is 0 Å². The van der Waals surface area contributed by atoms with Gasteiger partial charge in [0.1, 0.15) is 11.3 Å². The summed E-state index contributed by atoms with van der Waals surface area (Å²) in [5, 5.41) is 10.8. The number of thiophene rings is 1. The number of pyridine rings is 1. The Labute approximate surface area is 137 Å². The van der Waals surface area contributed by atoms with E-state index in [2.05, 4.69) is 42.9 Å². The largest absolute Gasteiger partial charge is 0.506 e. The molecule has 0 fully saturated rings. The first kappa shape index (κ1) is 13.8. The van der Waals surface area contributed by atoms with Gasteiger partial charge >= 0.3 is 0 Å². The molecule has 2 nitrogen and oxygen atoms in total. The van der Waals surface area contributed by atoms with Gasteiger partial charge in [-0.3, -0.25) is 4.98 Å². The van der Waals surface area contributed by atoms with Crippen molar-refractivity contribution in [1.29, 1.82) is 0 Å². The van der Waals surface area contributed by atoms with E-state index in [0.29, 0.717) is 5.52 Å². The van der Waals surface area contributed by atoms with Crippen molar-refractivity contribution >= 4 is 66.3 Å². The highest BCUT2D eigenvalue weighted by molar-refractivity contribution is 9.12. The zero-order valence-electron chi connectivity index (χ0n) is 10.2. The molecule has 2 aromatic heterocycles. The topological polar surface area (TPSA) is 33.1 Å². The molecule has 1 aromatic carbocycles. The Bertz CT molecular complexity index is 811. The summed E-state index contributed by atoms with van der Waals surface area (Å²) in [5.74, 6) is 0.206. The molecule has 0 saturated carbocycles. The molecule has 0 spiro atoms. The number of fused-ring (bicyclic) bond motifs is 1. The van der Waals surface area contributed by atoms with Gasteiger partial charge in [0.2, 0.25) is 0 Å². The zero-order valence-corrected chi connectivity index (χ0v) is 14.2. The number of phenolic OH excluding ortho intramolecular Hbond substituents is 1. The van der Waals surface area contributed by atoms with Gasteiger partial charge in [-0.2, -0.15) is 0 Å². The Hall–Kier alpha value is -1.17. The van der Waals surface area contributed by atoms with Crippen LogP contribution < -0.4 is 0 Å². The van der Waals surface area contributed by atoms with Crippen molar-refractivity contribution in [2.24, 2.45) is 0 Å². The number of aromatic hydroxyl groups is 1. The predicted molar refractivity (Wildman–Crippen MR) is 92.1 cm³/mol. The first-order valence-electron chi connectivity index (χ1n) is 5.85. The highest BCUT2D eigenvalue weighted by Crippen LogP contribution is 2.33. The van der Waals surface area contributed by atoms with E-state index in [-0.39, 0.29) is 5.75 Å². The molecule has 5 heteroatoms. The van der Waals surface area contributed by atoms with Crippen LogP contribution in [0.15, 0.2) is 44.1 Å². The van der Waals surface area contributed by atoms with Gasteiger partial charge in [-0.05, 0) is 55.6 Å². The second-order valence-electron chi connectivity index (χ2n) is 4.19. The van der Waals surface area contributed by atoms with Gasteiger partial charge in [0.05, 0.1) is 7.57 Å². The number of rotatable bonds is 2. The molecular weight excluding hydrogens is 402 g/mol. The normalized spacial score (nSPS) is 11.5. The minimum absolute atomic E-state index is 0.206. The summed E-state index contributed by atoms with van der Waals surface area (Å²) in [7, 11) is 0. The van der Waals surface area contributed by atoms with Gasteiger partial charge in [-0.25, -0.2) is 0 Å². The van der Waals surface area contributed by atoms with Crippen LogP contribution in [0.1, 0.15) is 11.1 Å². The molecule has 0 aliphatic rings. The van der Waals surface area contributed by atoms with Crippen LogP contribution in [0.2, 0.25) is 0 Å². The Morgan fingerprint density at radius 3 is 2.65 bits per heavy atom. The van der Waals surface area contributed by atoms with Crippen molar-refractivity contribution in [2.45, 2.75) is 0 Å². The predicted octanol–water partition coefficient (Wildman–Crippen LogP) is 5.70. The maximum Gasteiger partial charge on any atom is 0.141 e. The van der Waals surface area contributed by atoms with Gasteiger partial charge in [0, 0.05) is 17.1 Å². The van der Waals surface area contributed by atoms with Crippen molar-refractivity contribution in [3.63, 3.8) is 0 Å². The SMILES string of the molecule is Oc1ccc(/C=C/c2cc(Br)sc2Br)c2cccnc12. The average Bonchev–Trinajstić information content (AvgIpc) is 2.77. The van der Waals surface area contributed by atoms with Gasteiger partial charge in [0.25, 0.3) is 0 Å². The first-order valence-corrected chi connectivity index (χ1v) is 8.25. The van der Waals surface area contributed by atoms with E-state index in [1.165, 1.54) is 0 Å². The first-order chi connectivity index (χ1) is 9.65. The summed E-state index contributed by atoms with van der Waals surface area (Å²) < 4.78 is 2.17. The molecule has 0 bridgehead atoms. The fourth-order valence-corrected chi connectivity index (χ4v) is 4.73. The molecule has 1 N–H and O–H groups in total. The molecule has 0 amide bonds. The summed E-state index contributed by atoms with van der Waals surface area (Å²) in [6.07, 6.45) is 5.76. The summed E-state index contributed by atoms with van der Waals surface area (Å²) in [6, 6.07) is 9.46. The summed E-state index contributed by atoms with van der Waals surface area (Å²) in [4.78, 5) is 4.22. The van der Waals surface area contributed by atoms with Crippen molar-refractivity contribution in [3.05, 3.63) is 55.2 Å². The van der Waals surface area contributed by atoms with Gasteiger partial charge in [0.15, 0.2) is 0 Å². The third-order valence-corrected chi connectivity index (χ3v) is 5.29. The number of phenols is 1. The Balaban J connectivity index is 2.07. The molecule has 0 saturated heterocycles. The minimum atomic E-state index is 0.206. The van der Waals surface area contributed by atoms with Crippen molar-refractivity contribution in [3.8, 4) is 5.75 Å². The lowest BCUT2D eigenvalue weighted by Crippen LogP contribution is -1.82. The second kappa shape index (κ2) is 5.68. The van der Waals surface area contributed by atoms with E-state index in [1.54, 1.807) is 23.6 Å². The van der Waals surface area contributed by atoms with Crippen LogP contribution in [0.25, 0.3) is 23.1 Å². The lowest BCUT2D eigenvalue weighted by Gasteiger charge is -2.03. The summed E-state index contributed by atoms with van der Waals surface area (Å²) >= 11 is 8.65. The summed E-state index contributed by atoms with van der Waals surface area (Å²) in [5.41, 5.74) is 2.77. The molecule has 0 radical (unpaired) electrons. The number of aromatic nitrogens is 1. The fourth-order valence-electron chi connectivity index (χ4n) is 1.97. The van der Waals surface area contributed by atoms with Gasteiger partial charge < -0.3 is 5.11 Å². The van der Waals surface area contributed by atoms with E-state index < -0.39 is 0 Å². The van der Waals surface area contributed by atoms with Crippen LogP contribution >= 0.6 is 43.2 Å². The third kappa shape index (κ3) is 2.66. The zero-order chi connectivity index (χ0) is 14.1. The summed E-state index contributed by atoms with van der Waals surface area (Å²) in [6.45, 7) is 0. The quantitative estimate of drug-likeness (QED) is 0.587. The van der Waals surface area contributed by atoms with E-state index in [9.17, 15) is 5.11 Å². The Morgan fingerprint density at radius 2 is 1.90 bits per heavy atom. The molecule has 0 aliphatic heterocycles. The van der Waals surface area contributed by atoms with Gasteiger partial charge in [-0.15, -0.1) is 11.3 Å². The average molecular weight is 411 g/mol. The van der Waals surface area contributed by atoms with Crippen LogP contribution in [0, 0.1) is 0 Å². The van der Waals surface area contributed by atoms with Crippen LogP contribution in [0.3, 0.4) is 0 Å². The van der Waals surface area contributed by atoms with Crippen LogP contribution in [-0.2, 0) is 0 Å². The third-order valence-electron chi connectivity index (χ3n) is 2.91. The maximum atomic E-state index is 9.83. The maximum absolute atomic E-state index is 9.83.